The third-order valence-corrected chi connectivity index (χ3v) is 6.83. The van der Waals surface area contributed by atoms with Crippen molar-refractivity contribution < 1.29 is 19.4 Å². The number of amides is 1. The first-order valence-electron chi connectivity index (χ1n) is 10.0. The molecule has 0 spiro atoms. The number of thiophene rings is 1. The standard InChI is InChI=1S/C23H20Cl2N2O4S/c24-15-6-7-17(18(25)12-15)21(28)27(16-8-10-26-11-9-16)19-13-20(14-4-2-1-3-5-14)32-22(19)31-23(29)30/h1-7,12-13,16,26H,8-11H2,(H,29,30). The van der Waals surface area contributed by atoms with E-state index in [1.165, 1.54) is 17.4 Å². The summed E-state index contributed by atoms with van der Waals surface area (Å²) in [6.07, 6.45) is -0.0186. The molecule has 0 unspecified atom stereocenters. The Morgan fingerprint density at radius 3 is 2.44 bits per heavy atom. The van der Waals surface area contributed by atoms with Gasteiger partial charge in [0.25, 0.3) is 5.91 Å². The summed E-state index contributed by atoms with van der Waals surface area (Å²) >= 11 is 13.6. The smallest absolute Gasteiger partial charge is 0.449 e. The Hall–Kier alpha value is -2.58. The van der Waals surface area contributed by atoms with E-state index in [0.29, 0.717) is 29.1 Å². The second-order valence-corrected chi connectivity index (χ2v) is 9.16. The number of anilines is 1. The minimum Gasteiger partial charge on any atom is -0.449 e. The molecule has 2 heterocycles. The molecule has 32 heavy (non-hydrogen) atoms. The summed E-state index contributed by atoms with van der Waals surface area (Å²) < 4.78 is 5.13. The van der Waals surface area contributed by atoms with Crippen LogP contribution in [0, 0.1) is 0 Å². The average Bonchev–Trinajstić information content (AvgIpc) is 3.18. The van der Waals surface area contributed by atoms with E-state index < -0.39 is 6.16 Å². The van der Waals surface area contributed by atoms with Crippen LogP contribution in [0.15, 0.2) is 54.6 Å². The third-order valence-electron chi connectivity index (χ3n) is 5.23. The molecule has 166 valence electrons. The number of rotatable bonds is 5. The molecule has 0 atom stereocenters. The molecule has 0 bridgehead atoms. The number of hydrogen-bond acceptors (Lipinski definition) is 5. The lowest BCUT2D eigenvalue weighted by atomic mass is 10.0. The van der Waals surface area contributed by atoms with Gasteiger partial charge in [0, 0.05) is 15.9 Å². The normalized spacial score (nSPS) is 14.2. The number of ether oxygens (including phenoxy) is 1. The van der Waals surface area contributed by atoms with E-state index in [4.69, 9.17) is 27.9 Å². The fourth-order valence-corrected chi connectivity index (χ4v) is 5.25. The van der Waals surface area contributed by atoms with Gasteiger partial charge in [-0.05, 0) is 55.8 Å². The maximum atomic E-state index is 13.7. The van der Waals surface area contributed by atoms with Crippen LogP contribution in [0.5, 0.6) is 5.06 Å². The number of carbonyl (C=O) groups is 2. The van der Waals surface area contributed by atoms with Crippen LogP contribution in [0.25, 0.3) is 10.4 Å². The van der Waals surface area contributed by atoms with Crippen LogP contribution < -0.4 is 15.0 Å². The Kier molecular flexibility index (Phi) is 7.01. The van der Waals surface area contributed by atoms with Crippen LogP contribution in [0.4, 0.5) is 10.5 Å². The number of halogens is 2. The van der Waals surface area contributed by atoms with E-state index >= 15 is 0 Å². The van der Waals surface area contributed by atoms with E-state index in [9.17, 15) is 14.7 Å². The van der Waals surface area contributed by atoms with Gasteiger partial charge in [0.2, 0.25) is 5.06 Å². The van der Waals surface area contributed by atoms with Gasteiger partial charge in [-0.3, -0.25) is 4.79 Å². The highest BCUT2D eigenvalue weighted by Crippen LogP contribution is 2.45. The first kappa shape index (κ1) is 22.6. The lowest BCUT2D eigenvalue weighted by molar-refractivity contribution is 0.0969. The summed E-state index contributed by atoms with van der Waals surface area (Å²) in [7, 11) is 0. The average molecular weight is 491 g/mol. The van der Waals surface area contributed by atoms with Crippen LogP contribution in [-0.2, 0) is 0 Å². The zero-order chi connectivity index (χ0) is 22.7. The Bertz CT molecular complexity index is 1130. The predicted molar refractivity (Wildman–Crippen MR) is 128 cm³/mol. The Morgan fingerprint density at radius 1 is 1.06 bits per heavy atom. The van der Waals surface area contributed by atoms with Crippen molar-refractivity contribution in [2.45, 2.75) is 18.9 Å². The van der Waals surface area contributed by atoms with Gasteiger partial charge in [-0.15, -0.1) is 0 Å². The first-order valence-corrected chi connectivity index (χ1v) is 11.6. The van der Waals surface area contributed by atoms with Gasteiger partial charge in [0.05, 0.1) is 16.3 Å². The van der Waals surface area contributed by atoms with Gasteiger partial charge in [-0.1, -0.05) is 64.9 Å². The predicted octanol–water partition coefficient (Wildman–Crippen LogP) is 6.18. The van der Waals surface area contributed by atoms with Crippen molar-refractivity contribution in [2.75, 3.05) is 18.0 Å². The van der Waals surface area contributed by atoms with Crippen molar-refractivity contribution in [3.8, 4) is 15.5 Å². The van der Waals surface area contributed by atoms with Crippen LogP contribution >= 0.6 is 34.5 Å². The number of nitrogens with zero attached hydrogens (tertiary/aromatic N) is 1. The minimum atomic E-state index is -1.44. The van der Waals surface area contributed by atoms with Crippen molar-refractivity contribution >= 4 is 52.3 Å². The summed E-state index contributed by atoms with van der Waals surface area (Å²) in [5, 5.41) is 13.4. The van der Waals surface area contributed by atoms with E-state index in [2.05, 4.69) is 5.32 Å². The molecule has 1 aliphatic rings. The molecule has 1 amide bonds. The van der Waals surface area contributed by atoms with Gasteiger partial charge in [0.15, 0.2) is 0 Å². The third kappa shape index (κ3) is 4.91. The maximum Gasteiger partial charge on any atom is 0.512 e. The van der Waals surface area contributed by atoms with Gasteiger partial charge < -0.3 is 20.1 Å². The Morgan fingerprint density at radius 2 is 1.78 bits per heavy atom. The van der Waals surface area contributed by atoms with E-state index in [-0.39, 0.29) is 22.0 Å². The highest BCUT2D eigenvalue weighted by atomic mass is 35.5. The van der Waals surface area contributed by atoms with Crippen molar-refractivity contribution in [1.82, 2.24) is 5.32 Å². The van der Waals surface area contributed by atoms with Crippen LogP contribution in [-0.4, -0.2) is 36.3 Å². The van der Waals surface area contributed by atoms with E-state index in [1.54, 1.807) is 17.0 Å². The monoisotopic (exact) mass is 490 g/mol. The SMILES string of the molecule is O=C(O)Oc1sc(-c2ccccc2)cc1N(C(=O)c1ccc(Cl)cc1Cl)C1CCNCC1. The minimum absolute atomic E-state index is 0.147. The molecule has 0 aliphatic carbocycles. The molecule has 1 saturated heterocycles. The second-order valence-electron chi connectivity index (χ2n) is 7.30. The number of piperidine rings is 1. The largest absolute Gasteiger partial charge is 0.512 e. The van der Waals surface area contributed by atoms with Crippen molar-refractivity contribution in [3.05, 3.63) is 70.2 Å². The fourth-order valence-electron chi connectivity index (χ4n) is 3.76. The van der Waals surface area contributed by atoms with Crippen molar-refractivity contribution in [2.24, 2.45) is 0 Å². The zero-order valence-electron chi connectivity index (χ0n) is 16.9. The molecule has 2 aromatic carbocycles. The number of carboxylic acid groups (broad SMARTS) is 1. The summed E-state index contributed by atoms with van der Waals surface area (Å²) in [5.41, 5.74) is 1.61. The summed E-state index contributed by atoms with van der Waals surface area (Å²) in [6.45, 7) is 1.49. The lowest BCUT2D eigenvalue weighted by Crippen LogP contribution is -2.46. The number of hydrogen-bond donors (Lipinski definition) is 2. The van der Waals surface area contributed by atoms with Crippen LogP contribution in [0.1, 0.15) is 23.2 Å². The number of benzene rings is 2. The highest BCUT2D eigenvalue weighted by molar-refractivity contribution is 7.18. The molecule has 6 nitrogen and oxygen atoms in total. The lowest BCUT2D eigenvalue weighted by Gasteiger charge is -2.34. The van der Waals surface area contributed by atoms with Crippen molar-refractivity contribution in [3.63, 3.8) is 0 Å². The highest BCUT2D eigenvalue weighted by Gasteiger charge is 2.33. The zero-order valence-corrected chi connectivity index (χ0v) is 19.2. The van der Waals surface area contributed by atoms with Crippen LogP contribution in [0.3, 0.4) is 0 Å². The van der Waals surface area contributed by atoms with Gasteiger partial charge in [-0.25, -0.2) is 4.79 Å². The second kappa shape index (κ2) is 9.92. The number of carbonyl (C=O) groups excluding carboxylic acids is 1. The molecule has 2 N–H and O–H groups in total. The molecule has 1 aromatic heterocycles. The molecule has 3 aromatic rings. The molecule has 9 heteroatoms. The molecule has 1 fully saturated rings. The molecule has 4 rings (SSSR count). The molecule has 0 radical (unpaired) electrons. The Labute approximate surface area is 199 Å². The summed E-state index contributed by atoms with van der Waals surface area (Å²) in [6, 6.07) is 15.9. The number of nitrogens with one attached hydrogen (secondary N) is 1. The summed E-state index contributed by atoms with van der Waals surface area (Å²) in [4.78, 5) is 27.6. The van der Waals surface area contributed by atoms with Crippen molar-refractivity contribution in [1.29, 1.82) is 0 Å². The molecular weight excluding hydrogens is 471 g/mol. The quantitative estimate of drug-likeness (QED) is 0.417. The maximum absolute atomic E-state index is 13.7. The fraction of sp³-hybridized carbons (Fsp3) is 0.217. The van der Waals surface area contributed by atoms with E-state index in [1.807, 2.05) is 36.4 Å². The Balaban J connectivity index is 1.83. The van der Waals surface area contributed by atoms with Crippen LogP contribution in [0.2, 0.25) is 10.0 Å². The molecular formula is C23H20Cl2N2O4S. The molecule has 1 aliphatic heterocycles. The van der Waals surface area contributed by atoms with E-state index in [0.717, 1.165) is 23.5 Å². The van der Waals surface area contributed by atoms with Gasteiger partial charge in [0.1, 0.15) is 0 Å². The first-order chi connectivity index (χ1) is 15.4. The van der Waals surface area contributed by atoms with Gasteiger partial charge >= 0.3 is 6.16 Å². The topological polar surface area (TPSA) is 78.9 Å². The summed E-state index contributed by atoms with van der Waals surface area (Å²) in [5.74, 6) is -0.328. The molecule has 0 saturated carbocycles. The van der Waals surface area contributed by atoms with Gasteiger partial charge in [-0.2, -0.15) is 0 Å².